The second-order valence-electron chi connectivity index (χ2n) is 5.79. The molecule has 0 aromatic carbocycles. The Labute approximate surface area is 138 Å². The molecule has 0 saturated carbocycles. The summed E-state index contributed by atoms with van der Waals surface area (Å²) in [7, 11) is 0. The van der Waals surface area contributed by atoms with Crippen LogP contribution in [0.4, 0.5) is 0 Å². The monoisotopic (exact) mass is 334 g/mol. The van der Waals surface area contributed by atoms with Crippen LogP contribution >= 0.6 is 0 Å². The van der Waals surface area contributed by atoms with Gasteiger partial charge in [0.15, 0.2) is 11.5 Å². The molecule has 128 valence electrons. The van der Waals surface area contributed by atoms with Gasteiger partial charge in [0.05, 0.1) is 22.8 Å². The van der Waals surface area contributed by atoms with Crippen LogP contribution < -0.4 is 0 Å². The van der Waals surface area contributed by atoms with Gasteiger partial charge in [0.2, 0.25) is 0 Å². The third-order valence-electron chi connectivity index (χ3n) is 3.74. The molecule has 1 unspecified atom stereocenters. The Hall–Kier alpha value is -2.90. The highest BCUT2D eigenvalue weighted by Crippen LogP contribution is 2.36. The van der Waals surface area contributed by atoms with Gasteiger partial charge >= 0.3 is 5.97 Å². The SMILES string of the molecule is CC(C)C1C(=O)C=CC([N+](=O)[O-])=C1C1=CN(CCC(=O)O)C=CO1. The molecule has 1 heterocycles. The molecule has 1 N–H and O–H groups in total. The number of carbonyl (C=O) groups excluding carboxylic acids is 1. The van der Waals surface area contributed by atoms with Gasteiger partial charge in [-0.25, -0.2) is 0 Å². The number of carboxylic acid groups (broad SMARTS) is 1. The van der Waals surface area contributed by atoms with Gasteiger partial charge in [0.1, 0.15) is 6.26 Å². The predicted molar refractivity (Wildman–Crippen MR) is 83.8 cm³/mol. The smallest absolute Gasteiger partial charge is 0.305 e. The van der Waals surface area contributed by atoms with Crippen molar-refractivity contribution in [1.29, 1.82) is 0 Å². The van der Waals surface area contributed by atoms with E-state index in [1.165, 1.54) is 30.8 Å². The van der Waals surface area contributed by atoms with E-state index in [1.807, 2.05) is 0 Å². The predicted octanol–water partition coefficient (Wildman–Crippen LogP) is 2.05. The van der Waals surface area contributed by atoms with Gasteiger partial charge < -0.3 is 14.7 Å². The highest BCUT2D eigenvalue weighted by atomic mass is 16.6. The van der Waals surface area contributed by atoms with E-state index in [0.717, 1.165) is 0 Å². The zero-order valence-corrected chi connectivity index (χ0v) is 13.3. The molecule has 0 radical (unpaired) electrons. The van der Waals surface area contributed by atoms with E-state index in [9.17, 15) is 19.7 Å². The molecular weight excluding hydrogens is 316 g/mol. The lowest BCUT2D eigenvalue weighted by Gasteiger charge is -2.27. The van der Waals surface area contributed by atoms with Crippen molar-refractivity contribution in [3.05, 3.63) is 58.0 Å². The molecule has 0 saturated heterocycles. The summed E-state index contributed by atoms with van der Waals surface area (Å²) in [5.74, 6) is -1.83. The molecule has 0 aromatic rings. The average Bonchev–Trinajstić information content (AvgIpc) is 2.52. The molecular formula is C16H18N2O6. The van der Waals surface area contributed by atoms with Crippen LogP contribution in [-0.2, 0) is 14.3 Å². The Morgan fingerprint density at radius 1 is 1.46 bits per heavy atom. The van der Waals surface area contributed by atoms with Gasteiger partial charge in [0, 0.05) is 25.0 Å². The normalized spacial score (nSPS) is 20.3. The van der Waals surface area contributed by atoms with E-state index in [2.05, 4.69) is 0 Å². The van der Waals surface area contributed by atoms with Crippen LogP contribution in [0.15, 0.2) is 47.8 Å². The Balaban J connectivity index is 2.43. The third-order valence-corrected chi connectivity index (χ3v) is 3.74. The first-order chi connectivity index (χ1) is 11.3. The molecule has 2 aliphatic rings. The number of carbonyl (C=O) groups is 2. The van der Waals surface area contributed by atoms with Crippen LogP contribution in [0.3, 0.4) is 0 Å². The Kier molecular flexibility index (Phi) is 5.18. The number of carboxylic acids is 1. The van der Waals surface area contributed by atoms with Crippen molar-refractivity contribution in [1.82, 2.24) is 4.90 Å². The standard InChI is InChI=1S/C16H18N2O6/c1-10(2)15-12(19)4-3-11(18(22)23)16(15)13-9-17(7-8-24-13)6-5-14(20)21/h3-4,7-10,15H,5-6H2,1-2H3,(H,20,21). The lowest BCUT2D eigenvalue weighted by atomic mass is 9.79. The summed E-state index contributed by atoms with van der Waals surface area (Å²) in [6, 6.07) is 0. The van der Waals surface area contributed by atoms with Crippen molar-refractivity contribution in [3.63, 3.8) is 0 Å². The average molecular weight is 334 g/mol. The Morgan fingerprint density at radius 3 is 2.75 bits per heavy atom. The molecule has 8 nitrogen and oxygen atoms in total. The number of ketones is 1. The minimum absolute atomic E-state index is 0.0955. The van der Waals surface area contributed by atoms with Gasteiger partial charge in [-0.15, -0.1) is 0 Å². The van der Waals surface area contributed by atoms with E-state index in [1.54, 1.807) is 18.7 Å². The summed E-state index contributed by atoms with van der Waals surface area (Å²) >= 11 is 0. The van der Waals surface area contributed by atoms with E-state index in [0.29, 0.717) is 0 Å². The third kappa shape index (κ3) is 3.70. The second kappa shape index (κ2) is 7.12. The molecule has 8 heteroatoms. The van der Waals surface area contributed by atoms with Crippen LogP contribution in [0, 0.1) is 22.0 Å². The molecule has 0 spiro atoms. The van der Waals surface area contributed by atoms with Crippen LogP contribution in [0.5, 0.6) is 0 Å². The lowest BCUT2D eigenvalue weighted by Crippen LogP contribution is -2.29. The molecule has 0 aromatic heterocycles. The van der Waals surface area contributed by atoms with Crippen LogP contribution in [-0.4, -0.2) is 33.2 Å². The quantitative estimate of drug-likeness (QED) is 0.584. The molecule has 24 heavy (non-hydrogen) atoms. The van der Waals surface area contributed by atoms with Crippen molar-refractivity contribution in [2.24, 2.45) is 11.8 Å². The highest BCUT2D eigenvalue weighted by Gasteiger charge is 2.38. The summed E-state index contributed by atoms with van der Waals surface area (Å²) < 4.78 is 5.41. The zero-order valence-electron chi connectivity index (χ0n) is 13.3. The zero-order chi connectivity index (χ0) is 17.9. The van der Waals surface area contributed by atoms with Crippen molar-refractivity contribution in [2.45, 2.75) is 20.3 Å². The summed E-state index contributed by atoms with van der Waals surface area (Å²) in [6.07, 6.45) is 6.64. The molecule has 1 aliphatic heterocycles. The Bertz CT molecular complexity index is 687. The number of nitrogens with zero attached hydrogens (tertiary/aromatic N) is 2. The summed E-state index contributed by atoms with van der Waals surface area (Å²) in [6.45, 7) is 3.80. The van der Waals surface area contributed by atoms with Gasteiger partial charge in [-0.3, -0.25) is 19.7 Å². The van der Waals surface area contributed by atoms with E-state index < -0.39 is 16.8 Å². The van der Waals surface area contributed by atoms with Crippen molar-refractivity contribution >= 4 is 11.8 Å². The van der Waals surface area contributed by atoms with Crippen molar-refractivity contribution in [2.75, 3.05) is 6.54 Å². The fourth-order valence-electron chi connectivity index (χ4n) is 2.66. The molecule has 0 bridgehead atoms. The lowest BCUT2D eigenvalue weighted by molar-refractivity contribution is -0.420. The van der Waals surface area contributed by atoms with E-state index in [4.69, 9.17) is 9.84 Å². The van der Waals surface area contributed by atoms with Crippen molar-refractivity contribution < 1.29 is 24.4 Å². The van der Waals surface area contributed by atoms with Crippen molar-refractivity contribution in [3.8, 4) is 0 Å². The number of hydrogen-bond acceptors (Lipinski definition) is 6. The largest absolute Gasteiger partial charge is 0.481 e. The second-order valence-corrected chi connectivity index (χ2v) is 5.79. The first-order valence-electron chi connectivity index (χ1n) is 7.44. The van der Waals surface area contributed by atoms with Gasteiger partial charge in [0.25, 0.3) is 5.70 Å². The first-order valence-corrected chi connectivity index (χ1v) is 7.44. The highest BCUT2D eigenvalue weighted by molar-refractivity contribution is 5.96. The number of ether oxygens (including phenoxy) is 1. The van der Waals surface area contributed by atoms with Gasteiger partial charge in [-0.1, -0.05) is 13.8 Å². The van der Waals surface area contributed by atoms with E-state index in [-0.39, 0.29) is 41.7 Å². The van der Waals surface area contributed by atoms with Gasteiger partial charge in [-0.05, 0) is 12.0 Å². The number of hydrogen-bond donors (Lipinski definition) is 1. The maximum Gasteiger partial charge on any atom is 0.305 e. The molecule has 2 rings (SSSR count). The summed E-state index contributed by atoms with van der Waals surface area (Å²) in [5.41, 5.74) is 0.0280. The minimum Gasteiger partial charge on any atom is -0.481 e. The topological polar surface area (TPSA) is 110 Å². The first kappa shape index (κ1) is 17.5. The number of allylic oxidation sites excluding steroid dienone is 3. The van der Waals surface area contributed by atoms with Crippen LogP contribution in [0.2, 0.25) is 0 Å². The summed E-state index contributed by atoms with van der Waals surface area (Å²) in [4.78, 5) is 35.3. The fourth-order valence-corrected chi connectivity index (χ4v) is 2.66. The van der Waals surface area contributed by atoms with Gasteiger partial charge in [-0.2, -0.15) is 0 Å². The molecule has 0 amide bonds. The summed E-state index contributed by atoms with van der Waals surface area (Å²) in [5, 5.41) is 20.1. The molecule has 1 aliphatic carbocycles. The minimum atomic E-state index is -0.953. The maximum absolute atomic E-state index is 12.2. The van der Waals surface area contributed by atoms with E-state index >= 15 is 0 Å². The molecule has 0 fully saturated rings. The number of rotatable bonds is 6. The maximum atomic E-state index is 12.2. The van der Waals surface area contributed by atoms with Crippen LogP contribution in [0.1, 0.15) is 20.3 Å². The number of nitro groups is 1. The van der Waals surface area contributed by atoms with Crippen LogP contribution in [0.25, 0.3) is 0 Å². The number of aliphatic carboxylic acids is 1. The molecule has 1 atom stereocenters. The Morgan fingerprint density at radius 2 is 2.17 bits per heavy atom. The fraction of sp³-hybridized carbons (Fsp3) is 0.375.